The maximum Gasteiger partial charge on any atom is 0.0797 e. The van der Waals surface area contributed by atoms with Gasteiger partial charge in [-0.25, -0.2) is 0 Å². The van der Waals surface area contributed by atoms with Gasteiger partial charge in [-0.3, -0.25) is 0 Å². The Bertz CT molecular complexity index is 172. The average molecular weight is 245 g/mol. The van der Waals surface area contributed by atoms with E-state index in [-0.39, 0.29) is 11.6 Å². The van der Waals surface area contributed by atoms with Gasteiger partial charge in [0.1, 0.15) is 0 Å². The number of hydrogen-bond donors (Lipinski definition) is 1. The molecule has 0 saturated heterocycles. The molecule has 0 aromatic rings. The van der Waals surface area contributed by atoms with Gasteiger partial charge in [0.05, 0.1) is 18.2 Å². The van der Waals surface area contributed by atoms with Gasteiger partial charge in [0, 0.05) is 13.7 Å². The molecule has 0 fully saturated rings. The van der Waals surface area contributed by atoms with Crippen LogP contribution < -0.4 is 5.32 Å². The van der Waals surface area contributed by atoms with E-state index in [0.717, 1.165) is 19.8 Å². The van der Waals surface area contributed by atoms with Crippen molar-refractivity contribution in [3.63, 3.8) is 0 Å². The van der Waals surface area contributed by atoms with E-state index < -0.39 is 0 Å². The molecule has 3 nitrogen and oxygen atoms in total. The second-order valence-electron chi connectivity index (χ2n) is 5.05. The predicted octanol–water partition coefficient (Wildman–Crippen LogP) is 2.99. The van der Waals surface area contributed by atoms with Gasteiger partial charge in [-0.1, -0.05) is 33.1 Å². The van der Waals surface area contributed by atoms with E-state index in [1.54, 1.807) is 7.11 Å². The van der Waals surface area contributed by atoms with Crippen molar-refractivity contribution in [3.05, 3.63) is 0 Å². The maximum absolute atomic E-state index is 5.74. The zero-order valence-corrected chi connectivity index (χ0v) is 12.3. The molecule has 1 unspecified atom stereocenters. The van der Waals surface area contributed by atoms with Gasteiger partial charge in [0.15, 0.2) is 0 Å². The molecule has 0 saturated carbocycles. The number of hydrogen-bond acceptors (Lipinski definition) is 3. The first kappa shape index (κ1) is 16.9. The monoisotopic (exact) mass is 245 g/mol. The highest BCUT2D eigenvalue weighted by molar-refractivity contribution is 4.84. The number of methoxy groups -OCH3 is 1. The Morgan fingerprint density at radius 3 is 2.35 bits per heavy atom. The summed E-state index contributed by atoms with van der Waals surface area (Å²) in [7, 11) is 1.76. The van der Waals surface area contributed by atoms with Gasteiger partial charge in [0.25, 0.3) is 0 Å². The predicted molar refractivity (Wildman–Crippen MR) is 73.5 cm³/mol. The first-order valence-electron chi connectivity index (χ1n) is 6.94. The smallest absolute Gasteiger partial charge is 0.0797 e. The molecule has 0 radical (unpaired) electrons. The van der Waals surface area contributed by atoms with Crippen molar-refractivity contribution >= 4 is 0 Å². The van der Waals surface area contributed by atoms with Crippen LogP contribution in [0.2, 0.25) is 0 Å². The zero-order valence-electron chi connectivity index (χ0n) is 12.3. The van der Waals surface area contributed by atoms with Crippen LogP contribution in [-0.2, 0) is 9.47 Å². The van der Waals surface area contributed by atoms with Crippen molar-refractivity contribution in [2.45, 2.75) is 65.0 Å². The van der Waals surface area contributed by atoms with E-state index in [1.807, 2.05) is 0 Å². The van der Waals surface area contributed by atoms with Crippen molar-refractivity contribution in [3.8, 4) is 0 Å². The molecule has 0 heterocycles. The van der Waals surface area contributed by atoms with Crippen molar-refractivity contribution < 1.29 is 9.47 Å². The Labute approximate surface area is 107 Å². The van der Waals surface area contributed by atoms with Gasteiger partial charge in [-0.15, -0.1) is 0 Å². The van der Waals surface area contributed by atoms with E-state index in [4.69, 9.17) is 9.47 Å². The minimum absolute atomic E-state index is 0.181. The molecular formula is C14H31NO2. The van der Waals surface area contributed by atoms with Crippen LogP contribution in [0.25, 0.3) is 0 Å². The van der Waals surface area contributed by atoms with Crippen LogP contribution in [0.5, 0.6) is 0 Å². The third-order valence-electron chi connectivity index (χ3n) is 3.24. The molecule has 0 amide bonds. The fourth-order valence-electron chi connectivity index (χ4n) is 1.73. The second-order valence-corrected chi connectivity index (χ2v) is 5.05. The summed E-state index contributed by atoms with van der Waals surface area (Å²) >= 11 is 0. The van der Waals surface area contributed by atoms with Crippen molar-refractivity contribution in [2.75, 3.05) is 26.9 Å². The van der Waals surface area contributed by atoms with Crippen LogP contribution in [0, 0.1) is 0 Å². The lowest BCUT2D eigenvalue weighted by Gasteiger charge is -2.33. The maximum atomic E-state index is 5.74. The minimum Gasteiger partial charge on any atom is -0.380 e. The molecule has 3 heteroatoms. The lowest BCUT2D eigenvalue weighted by molar-refractivity contribution is -0.0385. The molecule has 0 aliphatic rings. The fourth-order valence-corrected chi connectivity index (χ4v) is 1.73. The van der Waals surface area contributed by atoms with E-state index >= 15 is 0 Å². The molecular weight excluding hydrogens is 214 g/mol. The summed E-state index contributed by atoms with van der Waals surface area (Å²) in [6.45, 7) is 11.1. The second kappa shape index (κ2) is 9.86. The molecule has 17 heavy (non-hydrogen) atoms. The number of rotatable bonds is 11. The van der Waals surface area contributed by atoms with Gasteiger partial charge in [-0.05, 0) is 26.8 Å². The summed E-state index contributed by atoms with van der Waals surface area (Å²) in [5, 5.41) is 3.43. The van der Waals surface area contributed by atoms with Crippen LogP contribution in [0.4, 0.5) is 0 Å². The van der Waals surface area contributed by atoms with Gasteiger partial charge in [0.2, 0.25) is 0 Å². The third kappa shape index (κ3) is 7.74. The van der Waals surface area contributed by atoms with E-state index in [0.29, 0.717) is 0 Å². The van der Waals surface area contributed by atoms with Gasteiger partial charge in [-0.2, -0.15) is 0 Å². The van der Waals surface area contributed by atoms with Crippen LogP contribution in [0.3, 0.4) is 0 Å². The van der Waals surface area contributed by atoms with Crippen LogP contribution >= 0.6 is 0 Å². The van der Waals surface area contributed by atoms with E-state index in [9.17, 15) is 0 Å². The quantitative estimate of drug-likeness (QED) is 0.568. The van der Waals surface area contributed by atoms with Crippen molar-refractivity contribution in [2.24, 2.45) is 0 Å². The molecule has 1 atom stereocenters. The third-order valence-corrected chi connectivity index (χ3v) is 3.24. The summed E-state index contributed by atoms with van der Waals surface area (Å²) in [6, 6.07) is 0.253. The van der Waals surface area contributed by atoms with Gasteiger partial charge < -0.3 is 14.8 Å². The Morgan fingerprint density at radius 1 is 1.12 bits per heavy atom. The topological polar surface area (TPSA) is 30.5 Å². The van der Waals surface area contributed by atoms with E-state index in [1.165, 1.54) is 25.7 Å². The first-order valence-corrected chi connectivity index (χ1v) is 6.94. The minimum atomic E-state index is -0.181. The standard InChI is InChI=1S/C14H31NO2/c1-6-8-9-10-11-17-12-13(15-7-2)14(3,4)16-5/h13,15H,6-12H2,1-5H3. The molecule has 0 spiro atoms. The average Bonchev–Trinajstić information content (AvgIpc) is 2.32. The lowest BCUT2D eigenvalue weighted by atomic mass is 9.99. The Balaban J connectivity index is 3.78. The molecule has 0 bridgehead atoms. The number of likely N-dealkylation sites (N-methyl/N-ethyl adjacent to an activating group) is 1. The summed E-state index contributed by atoms with van der Waals surface area (Å²) in [4.78, 5) is 0. The molecule has 0 aromatic heterocycles. The Hall–Kier alpha value is -0.120. The van der Waals surface area contributed by atoms with Gasteiger partial charge >= 0.3 is 0 Å². The summed E-state index contributed by atoms with van der Waals surface area (Å²) in [5.41, 5.74) is -0.181. The number of nitrogens with one attached hydrogen (secondary N) is 1. The van der Waals surface area contributed by atoms with Crippen LogP contribution in [0.15, 0.2) is 0 Å². The molecule has 0 rings (SSSR count). The highest BCUT2D eigenvalue weighted by atomic mass is 16.5. The van der Waals surface area contributed by atoms with Crippen LogP contribution in [0.1, 0.15) is 53.4 Å². The summed E-state index contributed by atoms with van der Waals surface area (Å²) in [6.07, 6.45) is 5.02. The largest absolute Gasteiger partial charge is 0.380 e. The Morgan fingerprint density at radius 2 is 1.82 bits per heavy atom. The molecule has 1 N–H and O–H groups in total. The highest BCUT2D eigenvalue weighted by Gasteiger charge is 2.28. The molecule has 104 valence electrons. The molecule has 0 aliphatic carbocycles. The fraction of sp³-hybridized carbons (Fsp3) is 1.00. The van der Waals surface area contributed by atoms with Crippen molar-refractivity contribution in [1.29, 1.82) is 0 Å². The number of ether oxygens (including phenoxy) is 2. The number of unbranched alkanes of at least 4 members (excludes halogenated alkanes) is 3. The summed E-state index contributed by atoms with van der Waals surface area (Å²) < 4.78 is 11.2. The molecule has 0 aromatic carbocycles. The molecule has 0 aliphatic heterocycles. The SMILES string of the molecule is CCCCCCOCC(NCC)C(C)(C)OC. The zero-order chi connectivity index (χ0) is 13.1. The lowest BCUT2D eigenvalue weighted by Crippen LogP contribution is -2.50. The van der Waals surface area contributed by atoms with Crippen molar-refractivity contribution in [1.82, 2.24) is 5.32 Å². The summed E-state index contributed by atoms with van der Waals surface area (Å²) in [5.74, 6) is 0. The van der Waals surface area contributed by atoms with E-state index in [2.05, 4.69) is 33.0 Å². The normalized spacial score (nSPS) is 13.9. The highest BCUT2D eigenvalue weighted by Crippen LogP contribution is 2.14. The Kier molecular flexibility index (Phi) is 9.79. The van der Waals surface area contributed by atoms with Crippen LogP contribution in [-0.4, -0.2) is 38.5 Å². The first-order chi connectivity index (χ1) is 8.08.